The van der Waals surface area contributed by atoms with Crippen molar-refractivity contribution in [3.05, 3.63) is 81.4 Å². The summed E-state index contributed by atoms with van der Waals surface area (Å²) >= 11 is 11.5. The highest BCUT2D eigenvalue weighted by Crippen LogP contribution is 2.20. The van der Waals surface area contributed by atoms with Gasteiger partial charge in [0.05, 0.1) is 34.5 Å². The van der Waals surface area contributed by atoms with Crippen molar-refractivity contribution in [2.45, 2.75) is 26.9 Å². The van der Waals surface area contributed by atoms with Crippen molar-refractivity contribution in [3.63, 3.8) is 0 Å². The third-order valence-corrected chi connectivity index (χ3v) is 5.59. The predicted molar refractivity (Wildman–Crippen MR) is 126 cm³/mol. The zero-order valence-corrected chi connectivity index (χ0v) is 20.4. The molecule has 13 heteroatoms. The first-order valence-corrected chi connectivity index (χ1v) is 11.1. The number of carbonyl (C=O) groups excluding carboxylic acids is 1. The molecule has 0 saturated heterocycles. The molecule has 35 heavy (non-hydrogen) atoms. The van der Waals surface area contributed by atoms with Gasteiger partial charge in [-0.25, -0.2) is 32.9 Å². The van der Waals surface area contributed by atoms with Gasteiger partial charge in [0.1, 0.15) is 23.3 Å². The minimum absolute atomic E-state index is 0.00643. The predicted octanol–water partition coefficient (Wildman–Crippen LogP) is 4.39. The molecule has 0 fully saturated rings. The van der Waals surface area contributed by atoms with E-state index in [0.29, 0.717) is 34.7 Å². The van der Waals surface area contributed by atoms with Gasteiger partial charge in [0.2, 0.25) is 0 Å². The minimum Gasteiger partial charge on any atom is -0.331 e. The second-order valence-electron chi connectivity index (χ2n) is 7.69. The molecule has 0 aliphatic carbocycles. The van der Waals surface area contributed by atoms with Gasteiger partial charge in [-0.2, -0.15) is 10.2 Å². The molecule has 0 aliphatic rings. The van der Waals surface area contributed by atoms with Crippen LogP contribution in [0.5, 0.6) is 0 Å². The Labute approximate surface area is 209 Å². The third kappa shape index (κ3) is 5.41. The molecule has 4 rings (SSSR count). The van der Waals surface area contributed by atoms with Crippen LogP contribution in [0.3, 0.4) is 0 Å². The molecular formula is C22H20Cl2F2N8O. The molecule has 182 valence electrons. The largest absolute Gasteiger partial charge is 0.331 e. The van der Waals surface area contributed by atoms with E-state index in [1.807, 2.05) is 0 Å². The number of aromatic nitrogens is 6. The molecule has 0 saturated carbocycles. The van der Waals surface area contributed by atoms with Crippen LogP contribution in [-0.2, 0) is 13.1 Å². The summed E-state index contributed by atoms with van der Waals surface area (Å²) < 4.78 is 30.8. The standard InChI is InChI=1S/C22H20Cl2F2N8O/c1-12-28-20(33(30-12)14-4-6-16(23)18(25)8-14)10-27-22(35)32(3)11-21-29-13(2)31-34(21)15-5-7-17(24)19(26)9-15/h4-9H,10-11H2,1-3H3,(H,27,35). The van der Waals surface area contributed by atoms with Crippen LogP contribution in [0.1, 0.15) is 23.3 Å². The Hall–Kier alpha value is -3.57. The van der Waals surface area contributed by atoms with Crippen LogP contribution < -0.4 is 5.32 Å². The van der Waals surface area contributed by atoms with Gasteiger partial charge in [0.25, 0.3) is 0 Å². The van der Waals surface area contributed by atoms with Gasteiger partial charge in [-0.05, 0) is 38.1 Å². The molecule has 0 unspecified atom stereocenters. The van der Waals surface area contributed by atoms with E-state index in [-0.39, 0.29) is 23.1 Å². The fourth-order valence-corrected chi connectivity index (χ4v) is 3.59. The lowest BCUT2D eigenvalue weighted by Gasteiger charge is -2.18. The van der Waals surface area contributed by atoms with Crippen molar-refractivity contribution >= 4 is 29.2 Å². The van der Waals surface area contributed by atoms with Gasteiger partial charge in [-0.3, -0.25) is 0 Å². The average Bonchev–Trinajstić information content (AvgIpc) is 3.37. The molecular weight excluding hydrogens is 501 g/mol. The van der Waals surface area contributed by atoms with Crippen LogP contribution >= 0.6 is 23.2 Å². The summed E-state index contributed by atoms with van der Waals surface area (Å²) in [5.74, 6) is 0.570. The lowest BCUT2D eigenvalue weighted by molar-refractivity contribution is 0.204. The van der Waals surface area contributed by atoms with Crippen molar-refractivity contribution in [1.29, 1.82) is 0 Å². The highest BCUT2D eigenvalue weighted by Gasteiger charge is 2.18. The first kappa shape index (κ1) is 24.6. The van der Waals surface area contributed by atoms with Crippen LogP contribution in [0, 0.1) is 25.5 Å². The van der Waals surface area contributed by atoms with Gasteiger partial charge in [0.15, 0.2) is 11.6 Å². The Morgan fingerprint density at radius 3 is 1.91 bits per heavy atom. The number of carbonyl (C=O) groups is 1. The maximum Gasteiger partial charge on any atom is 0.317 e. The second-order valence-corrected chi connectivity index (χ2v) is 8.50. The number of benzene rings is 2. The molecule has 0 atom stereocenters. The monoisotopic (exact) mass is 520 g/mol. The maximum atomic E-state index is 13.9. The van der Waals surface area contributed by atoms with E-state index < -0.39 is 17.7 Å². The van der Waals surface area contributed by atoms with E-state index in [0.717, 1.165) is 0 Å². The Kier molecular flexibility index (Phi) is 6.99. The summed E-state index contributed by atoms with van der Waals surface area (Å²) in [7, 11) is 1.58. The lowest BCUT2D eigenvalue weighted by atomic mass is 10.3. The molecule has 0 aliphatic heterocycles. The van der Waals surface area contributed by atoms with Crippen molar-refractivity contribution in [1.82, 2.24) is 39.7 Å². The molecule has 2 amide bonds. The Balaban J connectivity index is 1.47. The molecule has 2 aromatic carbocycles. The van der Waals surface area contributed by atoms with Crippen molar-refractivity contribution in [2.75, 3.05) is 7.05 Å². The van der Waals surface area contributed by atoms with Gasteiger partial charge < -0.3 is 10.2 Å². The number of hydrogen-bond acceptors (Lipinski definition) is 5. The van der Waals surface area contributed by atoms with E-state index >= 15 is 0 Å². The Morgan fingerprint density at radius 2 is 1.40 bits per heavy atom. The van der Waals surface area contributed by atoms with Crippen LogP contribution in [0.4, 0.5) is 13.6 Å². The number of nitrogens with one attached hydrogen (secondary N) is 1. The number of aryl methyl sites for hydroxylation is 2. The number of amides is 2. The SMILES string of the molecule is Cc1nc(CNC(=O)N(C)Cc2nc(C)nn2-c2ccc(Cl)c(F)c2)n(-c2ccc(Cl)c(F)c2)n1. The zero-order valence-electron chi connectivity index (χ0n) is 18.9. The highest BCUT2D eigenvalue weighted by molar-refractivity contribution is 6.31. The highest BCUT2D eigenvalue weighted by atomic mass is 35.5. The lowest BCUT2D eigenvalue weighted by Crippen LogP contribution is -2.37. The summed E-state index contributed by atoms with van der Waals surface area (Å²) in [5.41, 5.74) is 0.846. The van der Waals surface area contributed by atoms with Gasteiger partial charge in [-0.1, -0.05) is 23.2 Å². The van der Waals surface area contributed by atoms with Crippen LogP contribution in [0.15, 0.2) is 36.4 Å². The first-order valence-electron chi connectivity index (χ1n) is 10.4. The van der Waals surface area contributed by atoms with Crippen LogP contribution in [-0.4, -0.2) is 47.5 Å². The maximum absolute atomic E-state index is 13.9. The van der Waals surface area contributed by atoms with E-state index in [1.165, 1.54) is 38.5 Å². The number of nitrogens with zero attached hydrogens (tertiary/aromatic N) is 7. The quantitative estimate of drug-likeness (QED) is 0.406. The molecule has 0 radical (unpaired) electrons. The van der Waals surface area contributed by atoms with Crippen molar-refractivity contribution in [2.24, 2.45) is 0 Å². The summed E-state index contributed by atoms with van der Waals surface area (Å²) in [6.07, 6.45) is 0. The normalized spacial score (nSPS) is 11.1. The Morgan fingerprint density at radius 1 is 0.914 bits per heavy atom. The average molecular weight is 521 g/mol. The summed E-state index contributed by atoms with van der Waals surface area (Å²) in [6.45, 7) is 3.50. The molecule has 2 heterocycles. The molecule has 4 aromatic rings. The number of hydrogen-bond donors (Lipinski definition) is 1. The van der Waals surface area contributed by atoms with Crippen LogP contribution in [0.25, 0.3) is 11.4 Å². The molecule has 9 nitrogen and oxygen atoms in total. The molecule has 2 aromatic heterocycles. The van der Waals surface area contributed by atoms with E-state index in [1.54, 1.807) is 33.0 Å². The number of halogens is 4. The van der Waals surface area contributed by atoms with E-state index in [9.17, 15) is 13.6 Å². The second kappa shape index (κ2) is 9.96. The van der Waals surface area contributed by atoms with Crippen molar-refractivity contribution in [3.8, 4) is 11.4 Å². The fourth-order valence-electron chi connectivity index (χ4n) is 3.36. The summed E-state index contributed by atoms with van der Waals surface area (Å²) in [4.78, 5) is 22.8. The topological polar surface area (TPSA) is 93.8 Å². The number of urea groups is 1. The number of rotatable bonds is 6. The molecule has 1 N–H and O–H groups in total. The van der Waals surface area contributed by atoms with Gasteiger partial charge in [-0.15, -0.1) is 0 Å². The van der Waals surface area contributed by atoms with Gasteiger partial charge in [0, 0.05) is 19.2 Å². The zero-order chi connectivity index (χ0) is 25.3. The van der Waals surface area contributed by atoms with Crippen LogP contribution in [0.2, 0.25) is 10.0 Å². The minimum atomic E-state index is -0.591. The third-order valence-electron chi connectivity index (χ3n) is 4.98. The van der Waals surface area contributed by atoms with E-state index in [2.05, 4.69) is 25.5 Å². The van der Waals surface area contributed by atoms with Gasteiger partial charge >= 0.3 is 6.03 Å². The smallest absolute Gasteiger partial charge is 0.317 e. The summed E-state index contributed by atoms with van der Waals surface area (Å²) in [5, 5.41) is 11.3. The van der Waals surface area contributed by atoms with Crippen molar-refractivity contribution < 1.29 is 13.6 Å². The Bertz CT molecular complexity index is 1400. The molecule has 0 bridgehead atoms. The molecule has 0 spiro atoms. The fraction of sp³-hybridized carbons (Fsp3) is 0.227. The summed E-state index contributed by atoms with van der Waals surface area (Å²) in [6, 6.07) is 8.12. The first-order chi connectivity index (χ1) is 16.6. The van der Waals surface area contributed by atoms with E-state index in [4.69, 9.17) is 23.2 Å².